The number of aromatic nitrogens is 1. The van der Waals surface area contributed by atoms with Crippen LogP contribution in [-0.4, -0.2) is 18.6 Å². The zero-order chi connectivity index (χ0) is 14.6. The Bertz CT molecular complexity index is 408. The highest BCUT2D eigenvalue weighted by Gasteiger charge is 2.18. The van der Waals surface area contributed by atoms with E-state index in [1.54, 1.807) is 0 Å². The van der Waals surface area contributed by atoms with Crippen molar-refractivity contribution in [2.45, 2.75) is 52.3 Å². The van der Waals surface area contributed by atoms with E-state index < -0.39 is 0 Å². The molecule has 0 N–H and O–H groups in total. The average molecular weight is 283 g/mol. The third kappa shape index (κ3) is 5.02. The van der Waals surface area contributed by atoms with Crippen LogP contribution in [0.5, 0.6) is 0 Å². The van der Waals surface area contributed by atoms with E-state index in [1.165, 1.54) is 6.42 Å². The smallest absolute Gasteiger partial charge is 0.128 e. The second-order valence-corrected chi connectivity index (χ2v) is 6.97. The van der Waals surface area contributed by atoms with Crippen molar-refractivity contribution in [2.75, 3.05) is 18.5 Å². The Kier molecular flexibility index (Phi) is 5.66. The summed E-state index contributed by atoms with van der Waals surface area (Å²) < 4.78 is 0. The molecular formula is C16H27ClN2. The van der Waals surface area contributed by atoms with E-state index >= 15 is 0 Å². The van der Waals surface area contributed by atoms with E-state index in [1.807, 2.05) is 0 Å². The van der Waals surface area contributed by atoms with E-state index in [-0.39, 0.29) is 5.41 Å². The van der Waals surface area contributed by atoms with E-state index in [0.29, 0.717) is 11.8 Å². The Balaban J connectivity index is 2.99. The second kappa shape index (κ2) is 6.60. The summed E-state index contributed by atoms with van der Waals surface area (Å²) in [6.07, 6.45) is 1.17. The minimum absolute atomic E-state index is 0.0513. The molecule has 0 radical (unpaired) electrons. The molecule has 19 heavy (non-hydrogen) atoms. The number of anilines is 1. The van der Waals surface area contributed by atoms with Crippen LogP contribution in [0.4, 0.5) is 5.82 Å². The minimum atomic E-state index is 0.0513. The van der Waals surface area contributed by atoms with Crippen LogP contribution in [0.15, 0.2) is 12.1 Å². The first kappa shape index (κ1) is 16.3. The van der Waals surface area contributed by atoms with Gasteiger partial charge in [-0.2, -0.15) is 0 Å². The van der Waals surface area contributed by atoms with Gasteiger partial charge in [0.2, 0.25) is 0 Å². The molecule has 0 bridgehead atoms. The van der Waals surface area contributed by atoms with Gasteiger partial charge in [-0.25, -0.2) is 4.98 Å². The summed E-state index contributed by atoms with van der Waals surface area (Å²) in [5.74, 6) is 2.28. The van der Waals surface area contributed by atoms with Gasteiger partial charge >= 0.3 is 0 Å². The van der Waals surface area contributed by atoms with Gasteiger partial charge < -0.3 is 4.90 Å². The molecule has 0 aliphatic heterocycles. The van der Waals surface area contributed by atoms with E-state index in [9.17, 15) is 0 Å². The first-order chi connectivity index (χ1) is 8.74. The van der Waals surface area contributed by atoms with Crippen molar-refractivity contribution >= 4 is 17.4 Å². The lowest BCUT2D eigenvalue weighted by Gasteiger charge is -2.24. The maximum Gasteiger partial charge on any atom is 0.128 e. The van der Waals surface area contributed by atoms with Gasteiger partial charge in [0.15, 0.2) is 0 Å². The van der Waals surface area contributed by atoms with Crippen molar-refractivity contribution in [1.29, 1.82) is 0 Å². The van der Waals surface area contributed by atoms with Gasteiger partial charge in [0.05, 0.1) is 0 Å². The number of hydrogen-bond donors (Lipinski definition) is 0. The molecule has 1 rings (SSSR count). The highest BCUT2D eigenvalue weighted by Crippen LogP contribution is 2.25. The topological polar surface area (TPSA) is 16.1 Å². The Labute approximate surface area is 123 Å². The molecule has 0 amide bonds. The van der Waals surface area contributed by atoms with Crippen LogP contribution in [0.25, 0.3) is 0 Å². The van der Waals surface area contributed by atoms with Crippen LogP contribution in [0.2, 0.25) is 0 Å². The SMILES string of the molecule is CC(C)CCN(C)c1cc(CCl)cc(C(C)(C)C)n1. The highest BCUT2D eigenvalue weighted by atomic mass is 35.5. The van der Waals surface area contributed by atoms with Crippen LogP contribution >= 0.6 is 11.6 Å². The summed E-state index contributed by atoms with van der Waals surface area (Å²) >= 11 is 6.01. The summed E-state index contributed by atoms with van der Waals surface area (Å²) in [6.45, 7) is 12.1. The van der Waals surface area contributed by atoms with Crippen LogP contribution < -0.4 is 4.90 Å². The molecule has 0 aliphatic rings. The zero-order valence-electron chi connectivity index (χ0n) is 13.1. The van der Waals surface area contributed by atoms with Crippen LogP contribution in [0, 0.1) is 5.92 Å². The van der Waals surface area contributed by atoms with Crippen molar-refractivity contribution in [1.82, 2.24) is 4.98 Å². The van der Waals surface area contributed by atoms with Crippen LogP contribution in [-0.2, 0) is 11.3 Å². The van der Waals surface area contributed by atoms with Gasteiger partial charge in [0, 0.05) is 30.6 Å². The maximum absolute atomic E-state index is 6.01. The predicted molar refractivity (Wildman–Crippen MR) is 85.2 cm³/mol. The summed E-state index contributed by atoms with van der Waals surface area (Å²) in [5, 5.41) is 0. The molecule has 0 saturated carbocycles. The lowest BCUT2D eigenvalue weighted by Crippen LogP contribution is -2.23. The van der Waals surface area contributed by atoms with Gasteiger partial charge in [-0.1, -0.05) is 34.6 Å². The molecule has 0 aromatic carbocycles. The molecule has 0 aliphatic carbocycles. The molecule has 0 atom stereocenters. The van der Waals surface area contributed by atoms with Gasteiger partial charge in [-0.05, 0) is 30.0 Å². The third-order valence-electron chi connectivity index (χ3n) is 3.23. The summed E-state index contributed by atoms with van der Waals surface area (Å²) in [4.78, 5) is 7.03. The standard InChI is InChI=1S/C16H27ClN2/c1-12(2)7-8-19(6)15-10-13(11-17)9-14(18-15)16(3,4)5/h9-10,12H,7-8,11H2,1-6H3. The van der Waals surface area contributed by atoms with Crippen molar-refractivity contribution in [3.05, 3.63) is 23.4 Å². The number of hydrogen-bond acceptors (Lipinski definition) is 2. The van der Waals surface area contributed by atoms with E-state index in [4.69, 9.17) is 16.6 Å². The van der Waals surface area contributed by atoms with E-state index in [0.717, 1.165) is 23.6 Å². The number of nitrogens with zero attached hydrogens (tertiary/aromatic N) is 2. The van der Waals surface area contributed by atoms with Crippen LogP contribution in [0.3, 0.4) is 0 Å². The third-order valence-corrected chi connectivity index (χ3v) is 3.54. The number of halogens is 1. The molecule has 1 aromatic rings. The Morgan fingerprint density at radius 2 is 1.89 bits per heavy atom. The molecular weight excluding hydrogens is 256 g/mol. The van der Waals surface area contributed by atoms with Gasteiger partial charge in [-0.3, -0.25) is 0 Å². The van der Waals surface area contributed by atoms with Crippen molar-refractivity contribution < 1.29 is 0 Å². The normalized spacial score (nSPS) is 12.0. The summed E-state index contributed by atoms with van der Waals surface area (Å²) in [5.41, 5.74) is 2.31. The molecule has 1 heterocycles. The largest absolute Gasteiger partial charge is 0.360 e. The molecule has 1 aromatic heterocycles. The monoisotopic (exact) mass is 282 g/mol. The first-order valence-electron chi connectivity index (χ1n) is 7.02. The Morgan fingerprint density at radius 1 is 1.26 bits per heavy atom. The van der Waals surface area contributed by atoms with Crippen molar-refractivity contribution in [2.24, 2.45) is 5.92 Å². The zero-order valence-corrected chi connectivity index (χ0v) is 13.9. The molecule has 0 saturated heterocycles. The quantitative estimate of drug-likeness (QED) is 0.734. The molecule has 0 unspecified atom stereocenters. The van der Waals surface area contributed by atoms with Gasteiger partial charge in [0.1, 0.15) is 5.82 Å². The molecule has 0 spiro atoms. The van der Waals surface area contributed by atoms with Crippen LogP contribution in [0.1, 0.15) is 52.3 Å². The first-order valence-corrected chi connectivity index (χ1v) is 7.56. The summed E-state index contributed by atoms with van der Waals surface area (Å²) in [6, 6.07) is 4.22. The average Bonchev–Trinajstić information content (AvgIpc) is 2.34. The number of rotatable bonds is 5. The molecule has 2 nitrogen and oxygen atoms in total. The lowest BCUT2D eigenvalue weighted by molar-refractivity contribution is 0.562. The van der Waals surface area contributed by atoms with Gasteiger partial charge in [0.25, 0.3) is 0 Å². The fraction of sp³-hybridized carbons (Fsp3) is 0.688. The Morgan fingerprint density at radius 3 is 2.37 bits per heavy atom. The van der Waals surface area contributed by atoms with Crippen molar-refractivity contribution in [3.8, 4) is 0 Å². The highest BCUT2D eigenvalue weighted by molar-refractivity contribution is 6.17. The molecule has 0 fully saturated rings. The maximum atomic E-state index is 6.01. The number of alkyl halides is 1. The van der Waals surface area contributed by atoms with Crippen molar-refractivity contribution in [3.63, 3.8) is 0 Å². The second-order valence-electron chi connectivity index (χ2n) is 6.71. The summed E-state index contributed by atoms with van der Waals surface area (Å²) in [7, 11) is 2.11. The molecule has 108 valence electrons. The Hall–Kier alpha value is -0.760. The minimum Gasteiger partial charge on any atom is -0.360 e. The fourth-order valence-corrected chi connectivity index (χ4v) is 1.95. The number of pyridine rings is 1. The van der Waals surface area contributed by atoms with Gasteiger partial charge in [-0.15, -0.1) is 11.6 Å². The fourth-order valence-electron chi connectivity index (χ4n) is 1.79. The lowest BCUT2D eigenvalue weighted by atomic mass is 9.91. The van der Waals surface area contributed by atoms with E-state index in [2.05, 4.69) is 58.7 Å². The predicted octanol–water partition coefficient (Wildman–Crippen LogP) is 4.60. The molecule has 3 heteroatoms.